The van der Waals surface area contributed by atoms with Gasteiger partial charge in [0.2, 0.25) is 5.91 Å². The first-order chi connectivity index (χ1) is 14.2. The fourth-order valence-corrected chi connectivity index (χ4v) is 5.31. The average molecular weight is 414 g/mol. The molecule has 1 amide bonds. The van der Waals surface area contributed by atoms with Crippen molar-refractivity contribution in [2.45, 2.75) is 69.1 Å². The van der Waals surface area contributed by atoms with Crippen LogP contribution in [0.2, 0.25) is 0 Å². The molecular formula is C23H31N3O2S. The number of benzene rings is 1. The molecule has 1 saturated heterocycles. The monoisotopic (exact) mass is 413 g/mol. The van der Waals surface area contributed by atoms with Gasteiger partial charge in [-0.3, -0.25) is 4.79 Å². The van der Waals surface area contributed by atoms with Gasteiger partial charge in [-0.15, -0.1) is 11.3 Å². The number of aromatic nitrogens is 1. The summed E-state index contributed by atoms with van der Waals surface area (Å²) >= 11 is 1.53. The predicted octanol–water partition coefficient (Wildman–Crippen LogP) is 3.75. The maximum absolute atomic E-state index is 12.9. The van der Waals surface area contributed by atoms with E-state index in [4.69, 9.17) is 10.5 Å². The summed E-state index contributed by atoms with van der Waals surface area (Å²) in [6.07, 6.45) is 8.79. The molecule has 0 bridgehead atoms. The first kappa shape index (κ1) is 20.5. The van der Waals surface area contributed by atoms with Crippen LogP contribution >= 0.6 is 11.3 Å². The van der Waals surface area contributed by atoms with Gasteiger partial charge in [-0.1, -0.05) is 30.3 Å². The Balaban J connectivity index is 1.29. The first-order valence-corrected chi connectivity index (χ1v) is 11.7. The highest BCUT2D eigenvalue weighted by Gasteiger charge is 2.34. The number of ether oxygens (including phenoxy) is 1. The Bertz CT molecular complexity index is 760. The second-order valence-corrected chi connectivity index (χ2v) is 9.26. The van der Waals surface area contributed by atoms with Crippen molar-refractivity contribution in [2.75, 3.05) is 13.2 Å². The van der Waals surface area contributed by atoms with Crippen LogP contribution in [0.1, 0.15) is 55.0 Å². The van der Waals surface area contributed by atoms with E-state index < -0.39 is 0 Å². The first-order valence-electron chi connectivity index (χ1n) is 10.8. The highest BCUT2D eigenvalue weighted by molar-refractivity contribution is 7.09. The van der Waals surface area contributed by atoms with E-state index in [2.05, 4.69) is 35.3 Å². The van der Waals surface area contributed by atoms with Crippen LogP contribution in [0.5, 0.6) is 0 Å². The normalized spacial score (nSPS) is 27.7. The van der Waals surface area contributed by atoms with Crippen molar-refractivity contribution in [3.8, 4) is 0 Å². The molecule has 1 aromatic heterocycles. The molecular weight excluding hydrogens is 382 g/mol. The van der Waals surface area contributed by atoms with E-state index in [-0.39, 0.29) is 24.1 Å². The molecule has 1 aliphatic carbocycles. The van der Waals surface area contributed by atoms with Gasteiger partial charge in [0.05, 0.1) is 25.2 Å². The summed E-state index contributed by atoms with van der Waals surface area (Å²) in [4.78, 5) is 19.1. The van der Waals surface area contributed by atoms with Crippen LogP contribution in [-0.2, 0) is 16.0 Å². The highest BCUT2D eigenvalue weighted by atomic mass is 32.1. The van der Waals surface area contributed by atoms with Crippen LogP contribution in [0.15, 0.2) is 41.9 Å². The number of nitrogens with two attached hydrogens (primary N) is 1. The molecule has 1 aromatic carbocycles. The zero-order valence-corrected chi connectivity index (χ0v) is 17.7. The molecule has 2 N–H and O–H groups in total. The lowest BCUT2D eigenvalue weighted by Crippen LogP contribution is -2.57. The van der Waals surface area contributed by atoms with Gasteiger partial charge in [-0.05, 0) is 50.0 Å². The summed E-state index contributed by atoms with van der Waals surface area (Å²) in [6, 6.07) is 10.8. The van der Waals surface area contributed by atoms with Crippen LogP contribution in [0.4, 0.5) is 0 Å². The van der Waals surface area contributed by atoms with Crippen molar-refractivity contribution in [2.24, 2.45) is 5.73 Å². The smallest absolute Gasteiger partial charge is 0.229 e. The van der Waals surface area contributed by atoms with Crippen LogP contribution in [0, 0.1) is 0 Å². The van der Waals surface area contributed by atoms with E-state index in [9.17, 15) is 4.79 Å². The van der Waals surface area contributed by atoms with E-state index in [1.807, 2.05) is 10.3 Å². The summed E-state index contributed by atoms with van der Waals surface area (Å²) in [7, 11) is 0. The number of amides is 1. The molecule has 0 radical (unpaired) electrons. The molecule has 2 aliphatic rings. The van der Waals surface area contributed by atoms with E-state index >= 15 is 0 Å². The van der Waals surface area contributed by atoms with Crippen LogP contribution in [-0.4, -0.2) is 47.1 Å². The fourth-order valence-electron chi connectivity index (χ4n) is 4.70. The summed E-state index contributed by atoms with van der Waals surface area (Å²) in [5.74, 6) is 0.765. The Morgan fingerprint density at radius 1 is 1.17 bits per heavy atom. The third-order valence-corrected chi connectivity index (χ3v) is 7.16. The van der Waals surface area contributed by atoms with Gasteiger partial charge in [0.25, 0.3) is 0 Å². The molecule has 0 unspecified atom stereocenters. The van der Waals surface area contributed by atoms with E-state index in [1.165, 1.54) is 16.9 Å². The molecule has 156 valence electrons. The van der Waals surface area contributed by atoms with Crippen LogP contribution in [0.25, 0.3) is 0 Å². The molecule has 2 aromatic rings. The third-order valence-electron chi connectivity index (χ3n) is 6.39. The number of carbonyl (C=O) groups is 1. The van der Waals surface area contributed by atoms with Crippen molar-refractivity contribution in [1.82, 2.24) is 9.88 Å². The second kappa shape index (κ2) is 9.83. The second-order valence-electron chi connectivity index (χ2n) is 8.28. The van der Waals surface area contributed by atoms with Crippen molar-refractivity contribution in [3.05, 3.63) is 52.5 Å². The predicted molar refractivity (Wildman–Crippen MR) is 116 cm³/mol. The Morgan fingerprint density at radius 2 is 1.97 bits per heavy atom. The molecule has 4 rings (SSSR count). The minimum absolute atomic E-state index is 0.00958. The standard InChI is InChI=1S/C23H31N3O2S/c24-20-7-4-13-26(23(27)15-22-25-12-14-29-22)21(20)16-28-19-10-8-18(9-11-19)17-5-2-1-3-6-17/h1-3,5-6,12,14,18-21H,4,7-11,13,15-16,24H2/t18-,19+,20-,21-/m0/s1. The number of hydrogen-bond donors (Lipinski definition) is 1. The molecule has 2 atom stereocenters. The van der Waals surface area contributed by atoms with Gasteiger partial charge in [-0.25, -0.2) is 4.98 Å². The number of hydrogen-bond acceptors (Lipinski definition) is 5. The minimum atomic E-state index is -0.0249. The molecule has 6 heteroatoms. The number of nitrogens with zero attached hydrogens (tertiary/aromatic N) is 2. The molecule has 0 spiro atoms. The number of likely N-dealkylation sites (tertiary alicyclic amines) is 1. The van der Waals surface area contributed by atoms with Crippen LogP contribution in [0.3, 0.4) is 0 Å². The molecule has 2 fully saturated rings. The topological polar surface area (TPSA) is 68.5 Å². The third kappa shape index (κ3) is 5.24. The highest BCUT2D eigenvalue weighted by Crippen LogP contribution is 2.34. The molecule has 1 saturated carbocycles. The van der Waals surface area contributed by atoms with Gasteiger partial charge in [0, 0.05) is 24.2 Å². The van der Waals surface area contributed by atoms with Gasteiger partial charge >= 0.3 is 0 Å². The van der Waals surface area contributed by atoms with Gasteiger partial charge < -0.3 is 15.4 Å². The average Bonchev–Trinajstić information content (AvgIpc) is 3.27. The zero-order valence-electron chi connectivity index (χ0n) is 16.9. The van der Waals surface area contributed by atoms with Gasteiger partial charge in [-0.2, -0.15) is 0 Å². The number of carbonyl (C=O) groups excluding carboxylic acids is 1. The lowest BCUT2D eigenvalue weighted by Gasteiger charge is -2.40. The van der Waals surface area contributed by atoms with Crippen molar-refractivity contribution < 1.29 is 9.53 Å². The minimum Gasteiger partial charge on any atom is -0.376 e. The summed E-state index contributed by atoms with van der Waals surface area (Å²) in [6.45, 7) is 1.32. The van der Waals surface area contributed by atoms with Gasteiger partial charge in [0.1, 0.15) is 5.01 Å². The van der Waals surface area contributed by atoms with Crippen molar-refractivity contribution in [3.63, 3.8) is 0 Å². The summed E-state index contributed by atoms with van der Waals surface area (Å²) in [5.41, 5.74) is 7.85. The molecule has 29 heavy (non-hydrogen) atoms. The zero-order chi connectivity index (χ0) is 20.1. The summed E-state index contributed by atoms with van der Waals surface area (Å²) < 4.78 is 6.31. The Hall–Kier alpha value is -1.76. The fraction of sp³-hybridized carbons (Fsp3) is 0.565. The van der Waals surface area contributed by atoms with Crippen molar-refractivity contribution >= 4 is 17.2 Å². The largest absolute Gasteiger partial charge is 0.376 e. The lowest BCUT2D eigenvalue weighted by molar-refractivity contribution is -0.137. The maximum Gasteiger partial charge on any atom is 0.229 e. The van der Waals surface area contributed by atoms with E-state index in [0.717, 1.165) is 50.1 Å². The lowest BCUT2D eigenvalue weighted by atomic mass is 9.83. The Morgan fingerprint density at radius 3 is 2.69 bits per heavy atom. The molecule has 2 heterocycles. The van der Waals surface area contributed by atoms with E-state index in [1.54, 1.807) is 6.20 Å². The maximum atomic E-state index is 12.9. The Labute approximate surface area is 177 Å². The van der Waals surface area contributed by atoms with Gasteiger partial charge in [0.15, 0.2) is 0 Å². The number of thiazole rings is 1. The van der Waals surface area contributed by atoms with E-state index in [0.29, 0.717) is 18.9 Å². The number of piperidine rings is 1. The quantitative estimate of drug-likeness (QED) is 0.783. The SMILES string of the molecule is N[C@H]1CCCN(C(=O)Cc2nccs2)[C@H]1CO[C@H]1CC[C@@H](c2ccccc2)CC1. The Kier molecular flexibility index (Phi) is 6.95. The molecule has 5 nitrogen and oxygen atoms in total. The molecule has 1 aliphatic heterocycles. The number of rotatable bonds is 6. The van der Waals surface area contributed by atoms with Crippen LogP contribution < -0.4 is 5.73 Å². The summed E-state index contributed by atoms with van der Waals surface area (Å²) in [5, 5.41) is 2.78. The van der Waals surface area contributed by atoms with Crippen molar-refractivity contribution in [1.29, 1.82) is 0 Å².